The van der Waals surface area contributed by atoms with Gasteiger partial charge in [0.1, 0.15) is 0 Å². The summed E-state index contributed by atoms with van der Waals surface area (Å²) in [4.78, 5) is 25.4. The molecule has 0 bridgehead atoms. The van der Waals surface area contributed by atoms with E-state index in [0.717, 1.165) is 11.1 Å². The lowest BCUT2D eigenvalue weighted by Crippen LogP contribution is -2.28. The average Bonchev–Trinajstić information content (AvgIpc) is 2.83. The first-order chi connectivity index (χ1) is 15.5. The van der Waals surface area contributed by atoms with E-state index in [-0.39, 0.29) is 24.3 Å². The summed E-state index contributed by atoms with van der Waals surface area (Å²) in [6.07, 6.45) is 0.803. The molecule has 2 N–H and O–H groups in total. The molecule has 0 fully saturated rings. The maximum Gasteiger partial charge on any atom is 0.253 e. The van der Waals surface area contributed by atoms with Gasteiger partial charge in [0.2, 0.25) is 5.91 Å². The van der Waals surface area contributed by atoms with Gasteiger partial charge in [-0.25, -0.2) is 0 Å². The fourth-order valence-corrected chi connectivity index (χ4v) is 3.40. The first-order valence-electron chi connectivity index (χ1n) is 10.5. The van der Waals surface area contributed by atoms with Crippen LogP contribution in [0.1, 0.15) is 40.9 Å². The Kier molecular flexibility index (Phi) is 7.86. The van der Waals surface area contributed by atoms with Gasteiger partial charge in [-0.2, -0.15) is 0 Å². The highest BCUT2D eigenvalue weighted by Crippen LogP contribution is 2.28. The number of rotatable bonds is 9. The van der Waals surface area contributed by atoms with Crippen LogP contribution in [0.25, 0.3) is 0 Å². The maximum absolute atomic E-state index is 12.9. The van der Waals surface area contributed by atoms with Crippen molar-refractivity contribution in [1.82, 2.24) is 5.32 Å². The number of methoxy groups -OCH3 is 2. The monoisotopic (exact) mass is 432 g/mol. The fraction of sp³-hybridized carbons (Fsp3) is 0.231. The summed E-state index contributed by atoms with van der Waals surface area (Å²) in [5.41, 5.74) is 2.88. The van der Waals surface area contributed by atoms with E-state index in [1.54, 1.807) is 38.5 Å². The van der Waals surface area contributed by atoms with Crippen molar-refractivity contribution in [2.24, 2.45) is 0 Å². The number of para-hydroxylation sites is 1. The molecule has 6 nitrogen and oxygen atoms in total. The van der Waals surface area contributed by atoms with Crippen molar-refractivity contribution in [3.63, 3.8) is 0 Å². The van der Waals surface area contributed by atoms with Crippen molar-refractivity contribution in [2.45, 2.75) is 25.8 Å². The molecule has 0 spiro atoms. The van der Waals surface area contributed by atoms with Crippen LogP contribution in [-0.2, 0) is 11.2 Å². The second-order valence-corrected chi connectivity index (χ2v) is 7.39. The van der Waals surface area contributed by atoms with Gasteiger partial charge in [-0.1, -0.05) is 48.5 Å². The molecule has 3 rings (SSSR count). The first kappa shape index (κ1) is 22.9. The van der Waals surface area contributed by atoms with E-state index in [9.17, 15) is 9.59 Å². The smallest absolute Gasteiger partial charge is 0.253 e. The summed E-state index contributed by atoms with van der Waals surface area (Å²) in [6, 6.07) is 22.2. The Balaban J connectivity index is 1.63. The van der Waals surface area contributed by atoms with E-state index in [4.69, 9.17) is 9.47 Å². The van der Waals surface area contributed by atoms with Crippen LogP contribution in [0.3, 0.4) is 0 Å². The van der Waals surface area contributed by atoms with Crippen molar-refractivity contribution in [1.29, 1.82) is 0 Å². The van der Waals surface area contributed by atoms with Crippen molar-refractivity contribution in [3.05, 3.63) is 89.5 Å². The van der Waals surface area contributed by atoms with Crippen LogP contribution in [0.15, 0.2) is 72.8 Å². The molecule has 3 aromatic carbocycles. The molecule has 1 unspecified atom stereocenters. The van der Waals surface area contributed by atoms with Crippen LogP contribution in [0, 0.1) is 0 Å². The first-order valence-corrected chi connectivity index (χ1v) is 10.5. The Labute approximate surface area is 188 Å². The number of amides is 2. The topological polar surface area (TPSA) is 76.7 Å². The van der Waals surface area contributed by atoms with Crippen LogP contribution in [0.5, 0.6) is 11.5 Å². The highest BCUT2D eigenvalue weighted by molar-refractivity contribution is 6.03. The zero-order valence-electron chi connectivity index (χ0n) is 18.6. The third-order valence-corrected chi connectivity index (χ3v) is 5.18. The molecule has 0 saturated heterocycles. The second kappa shape index (κ2) is 11.0. The number of aryl methyl sites for hydroxylation is 1. The quantitative estimate of drug-likeness (QED) is 0.511. The summed E-state index contributed by atoms with van der Waals surface area (Å²) >= 11 is 0. The standard InChI is InChI=1S/C26H28N2O4/c1-18(20-9-5-4-6-10-20)27-26(30)21-11-7-8-12-22(21)28-25(29)16-14-19-13-15-23(31-2)24(17-19)32-3/h4-13,15,17-18H,14,16H2,1-3H3,(H,27,30)(H,28,29). The number of ether oxygens (including phenoxy) is 2. The van der Waals surface area contributed by atoms with E-state index in [1.807, 2.05) is 55.5 Å². The molecule has 2 amide bonds. The molecule has 3 aromatic rings. The molecule has 0 aliphatic heterocycles. The normalized spacial score (nSPS) is 11.3. The number of benzene rings is 3. The fourth-order valence-electron chi connectivity index (χ4n) is 3.40. The molecule has 0 aromatic heterocycles. The lowest BCUT2D eigenvalue weighted by molar-refractivity contribution is -0.116. The molecular weight excluding hydrogens is 404 g/mol. The Morgan fingerprint density at radius 3 is 2.28 bits per heavy atom. The summed E-state index contributed by atoms with van der Waals surface area (Å²) in [5, 5.41) is 5.86. The van der Waals surface area contributed by atoms with E-state index < -0.39 is 0 Å². The van der Waals surface area contributed by atoms with Gasteiger partial charge in [-0.15, -0.1) is 0 Å². The Morgan fingerprint density at radius 2 is 1.56 bits per heavy atom. The minimum atomic E-state index is -0.239. The molecule has 1 atom stereocenters. The Bertz CT molecular complexity index is 1070. The minimum Gasteiger partial charge on any atom is -0.493 e. The van der Waals surface area contributed by atoms with Gasteiger partial charge in [0.05, 0.1) is 31.5 Å². The molecule has 0 radical (unpaired) electrons. The van der Waals surface area contributed by atoms with Crippen molar-refractivity contribution >= 4 is 17.5 Å². The zero-order chi connectivity index (χ0) is 22.9. The highest BCUT2D eigenvalue weighted by atomic mass is 16.5. The van der Waals surface area contributed by atoms with Gasteiger partial charge >= 0.3 is 0 Å². The molecule has 0 aliphatic rings. The lowest BCUT2D eigenvalue weighted by atomic mass is 10.1. The van der Waals surface area contributed by atoms with E-state index in [0.29, 0.717) is 29.2 Å². The predicted molar refractivity (Wildman–Crippen MR) is 125 cm³/mol. The maximum atomic E-state index is 12.9. The molecule has 6 heteroatoms. The molecule has 0 heterocycles. The average molecular weight is 433 g/mol. The minimum absolute atomic E-state index is 0.155. The summed E-state index contributed by atoms with van der Waals surface area (Å²) in [5.74, 6) is 0.860. The second-order valence-electron chi connectivity index (χ2n) is 7.39. The van der Waals surface area contributed by atoms with Gasteiger partial charge in [0, 0.05) is 6.42 Å². The Morgan fingerprint density at radius 1 is 0.875 bits per heavy atom. The molecule has 166 valence electrons. The van der Waals surface area contributed by atoms with E-state index >= 15 is 0 Å². The number of anilines is 1. The number of carbonyl (C=O) groups excluding carboxylic acids is 2. The third kappa shape index (κ3) is 5.88. The SMILES string of the molecule is COc1ccc(CCC(=O)Nc2ccccc2C(=O)NC(C)c2ccccc2)cc1OC. The van der Waals surface area contributed by atoms with Crippen molar-refractivity contribution in [2.75, 3.05) is 19.5 Å². The van der Waals surface area contributed by atoms with Gasteiger partial charge in [0.25, 0.3) is 5.91 Å². The van der Waals surface area contributed by atoms with Crippen LogP contribution < -0.4 is 20.1 Å². The van der Waals surface area contributed by atoms with Crippen molar-refractivity contribution in [3.8, 4) is 11.5 Å². The predicted octanol–water partition coefficient (Wildman–Crippen LogP) is 4.77. The Hall–Kier alpha value is -3.80. The van der Waals surface area contributed by atoms with Gasteiger partial charge in [0.15, 0.2) is 11.5 Å². The largest absolute Gasteiger partial charge is 0.493 e. The van der Waals surface area contributed by atoms with Crippen LogP contribution in [0.2, 0.25) is 0 Å². The van der Waals surface area contributed by atoms with Gasteiger partial charge < -0.3 is 20.1 Å². The van der Waals surface area contributed by atoms with Crippen LogP contribution >= 0.6 is 0 Å². The summed E-state index contributed by atoms with van der Waals surface area (Å²) in [7, 11) is 3.16. The molecule has 32 heavy (non-hydrogen) atoms. The van der Waals surface area contributed by atoms with E-state index in [1.165, 1.54) is 0 Å². The van der Waals surface area contributed by atoms with Gasteiger partial charge in [-0.3, -0.25) is 9.59 Å². The summed E-state index contributed by atoms with van der Waals surface area (Å²) in [6.45, 7) is 1.93. The third-order valence-electron chi connectivity index (χ3n) is 5.18. The zero-order valence-corrected chi connectivity index (χ0v) is 18.6. The molecule has 0 aliphatic carbocycles. The number of hydrogen-bond acceptors (Lipinski definition) is 4. The lowest BCUT2D eigenvalue weighted by Gasteiger charge is -2.16. The van der Waals surface area contributed by atoms with Crippen LogP contribution in [-0.4, -0.2) is 26.0 Å². The summed E-state index contributed by atoms with van der Waals surface area (Å²) < 4.78 is 10.6. The number of nitrogens with one attached hydrogen (secondary N) is 2. The van der Waals surface area contributed by atoms with E-state index in [2.05, 4.69) is 10.6 Å². The van der Waals surface area contributed by atoms with Crippen LogP contribution in [0.4, 0.5) is 5.69 Å². The van der Waals surface area contributed by atoms with Gasteiger partial charge in [-0.05, 0) is 48.7 Å². The molecule has 0 saturated carbocycles. The van der Waals surface area contributed by atoms with Crippen molar-refractivity contribution < 1.29 is 19.1 Å². The number of hydrogen-bond donors (Lipinski definition) is 2. The highest BCUT2D eigenvalue weighted by Gasteiger charge is 2.16. The molecular formula is C26H28N2O4. The number of carbonyl (C=O) groups is 2.